The molecule has 0 amide bonds. The molecular formula is C16H13Cl2N3O2S. The third-order valence-electron chi connectivity index (χ3n) is 2.87. The second-order valence-electron chi connectivity index (χ2n) is 4.56. The van der Waals surface area contributed by atoms with Crippen LogP contribution in [-0.2, 0) is 4.74 Å². The number of nitrogens with one attached hydrogen (secondary N) is 2. The summed E-state index contributed by atoms with van der Waals surface area (Å²) >= 11 is 17.0. The van der Waals surface area contributed by atoms with Gasteiger partial charge in [0.25, 0.3) is 0 Å². The Labute approximate surface area is 154 Å². The summed E-state index contributed by atoms with van der Waals surface area (Å²) in [5, 5.41) is 8.22. The van der Waals surface area contributed by atoms with Gasteiger partial charge in [0.15, 0.2) is 5.11 Å². The highest BCUT2D eigenvalue weighted by Gasteiger charge is 2.06. The summed E-state index contributed by atoms with van der Waals surface area (Å²) in [5.74, 6) is -0.423. The molecule has 0 fully saturated rings. The van der Waals surface area contributed by atoms with Crippen LogP contribution in [0.5, 0.6) is 0 Å². The average Bonchev–Trinajstić information content (AvgIpc) is 2.56. The van der Waals surface area contributed by atoms with E-state index in [4.69, 9.17) is 35.4 Å². The highest BCUT2D eigenvalue weighted by Crippen LogP contribution is 2.19. The van der Waals surface area contributed by atoms with E-state index < -0.39 is 5.97 Å². The number of carbonyl (C=O) groups excluding carboxylic acids is 1. The quantitative estimate of drug-likeness (QED) is 0.361. The Balaban J connectivity index is 1.96. The fourth-order valence-electron chi connectivity index (χ4n) is 1.77. The van der Waals surface area contributed by atoms with Crippen LogP contribution in [0.4, 0.5) is 5.69 Å². The average molecular weight is 382 g/mol. The minimum Gasteiger partial charge on any atom is -0.465 e. The molecule has 5 nitrogen and oxygen atoms in total. The van der Waals surface area contributed by atoms with Gasteiger partial charge in [0.1, 0.15) is 0 Å². The van der Waals surface area contributed by atoms with Crippen LogP contribution < -0.4 is 10.7 Å². The third kappa shape index (κ3) is 5.19. The lowest BCUT2D eigenvalue weighted by molar-refractivity contribution is 0.0601. The topological polar surface area (TPSA) is 62.7 Å². The second-order valence-corrected chi connectivity index (χ2v) is 5.81. The third-order valence-corrected chi connectivity index (χ3v) is 3.63. The Morgan fingerprint density at radius 3 is 2.75 bits per heavy atom. The number of carbonyl (C=O) groups is 1. The molecular weight excluding hydrogens is 369 g/mol. The van der Waals surface area contributed by atoms with Crippen molar-refractivity contribution in [3.63, 3.8) is 0 Å². The van der Waals surface area contributed by atoms with Crippen LogP contribution >= 0.6 is 35.4 Å². The summed E-state index contributed by atoms with van der Waals surface area (Å²) in [6.45, 7) is 0. The molecule has 0 saturated heterocycles. The van der Waals surface area contributed by atoms with E-state index in [9.17, 15) is 4.79 Å². The zero-order valence-electron chi connectivity index (χ0n) is 12.5. The smallest absolute Gasteiger partial charge is 0.337 e. The monoisotopic (exact) mass is 381 g/mol. The summed E-state index contributed by atoms with van der Waals surface area (Å²) in [6.07, 6.45) is 1.53. The fraction of sp³-hybridized carbons (Fsp3) is 0.0625. The first-order valence-electron chi connectivity index (χ1n) is 6.73. The molecule has 124 valence electrons. The molecule has 24 heavy (non-hydrogen) atoms. The summed E-state index contributed by atoms with van der Waals surface area (Å²) in [7, 11) is 1.32. The molecule has 2 aromatic carbocycles. The second kappa shape index (κ2) is 8.63. The van der Waals surface area contributed by atoms with Gasteiger partial charge in [-0.1, -0.05) is 35.3 Å². The lowest BCUT2D eigenvalue weighted by Gasteiger charge is -2.08. The highest BCUT2D eigenvalue weighted by atomic mass is 35.5. The molecule has 0 bridgehead atoms. The zero-order chi connectivity index (χ0) is 17.5. The van der Waals surface area contributed by atoms with Crippen LogP contribution in [0.3, 0.4) is 0 Å². The Bertz CT molecular complexity index is 797. The maximum absolute atomic E-state index is 11.5. The largest absolute Gasteiger partial charge is 0.465 e. The molecule has 0 atom stereocenters. The number of hydrogen-bond donors (Lipinski definition) is 2. The number of halogens is 2. The van der Waals surface area contributed by atoms with E-state index >= 15 is 0 Å². The number of methoxy groups -OCH3 is 1. The van der Waals surface area contributed by atoms with Crippen molar-refractivity contribution in [1.29, 1.82) is 0 Å². The van der Waals surface area contributed by atoms with Crippen molar-refractivity contribution in [2.24, 2.45) is 5.10 Å². The molecule has 0 aliphatic carbocycles. The number of thiocarbonyl (C=S) groups is 1. The first-order valence-corrected chi connectivity index (χ1v) is 7.89. The van der Waals surface area contributed by atoms with Gasteiger partial charge in [-0.3, -0.25) is 5.43 Å². The van der Waals surface area contributed by atoms with E-state index in [2.05, 4.69) is 20.6 Å². The number of hydrazone groups is 1. The van der Waals surface area contributed by atoms with E-state index in [1.807, 2.05) is 0 Å². The van der Waals surface area contributed by atoms with Crippen LogP contribution in [-0.4, -0.2) is 24.4 Å². The molecule has 0 spiro atoms. The molecule has 0 aromatic heterocycles. The number of hydrogen-bond acceptors (Lipinski definition) is 4. The predicted octanol–water partition coefficient (Wildman–Crippen LogP) is 4.10. The number of esters is 1. The first-order chi connectivity index (χ1) is 11.5. The van der Waals surface area contributed by atoms with Gasteiger partial charge in [0.05, 0.1) is 23.9 Å². The Morgan fingerprint density at radius 1 is 1.25 bits per heavy atom. The normalized spacial score (nSPS) is 10.5. The van der Waals surface area contributed by atoms with Crippen molar-refractivity contribution in [2.75, 3.05) is 12.4 Å². The van der Waals surface area contributed by atoms with Gasteiger partial charge in [0.2, 0.25) is 0 Å². The molecule has 0 aliphatic heterocycles. The van der Waals surface area contributed by atoms with Crippen LogP contribution in [0, 0.1) is 0 Å². The van der Waals surface area contributed by atoms with E-state index in [0.717, 1.165) is 0 Å². The van der Waals surface area contributed by atoms with Crippen molar-refractivity contribution in [2.45, 2.75) is 0 Å². The van der Waals surface area contributed by atoms with Crippen molar-refractivity contribution >= 4 is 58.4 Å². The van der Waals surface area contributed by atoms with E-state index in [0.29, 0.717) is 26.9 Å². The minimum absolute atomic E-state index is 0.262. The zero-order valence-corrected chi connectivity index (χ0v) is 14.9. The van der Waals surface area contributed by atoms with Gasteiger partial charge in [0, 0.05) is 16.3 Å². The SMILES string of the molecule is COC(=O)c1cccc(NC(=S)N/N=C/c2ccc(Cl)cc2Cl)c1. The molecule has 2 aromatic rings. The number of anilines is 1. The summed E-state index contributed by atoms with van der Waals surface area (Å²) in [5.41, 5.74) is 4.42. The Kier molecular flexibility index (Phi) is 6.54. The van der Waals surface area contributed by atoms with Gasteiger partial charge in [-0.05, 0) is 42.5 Å². The molecule has 0 radical (unpaired) electrons. The number of benzene rings is 2. The summed E-state index contributed by atoms with van der Waals surface area (Å²) in [4.78, 5) is 11.5. The standard InChI is InChI=1S/C16H13Cl2N3O2S/c1-23-15(22)10-3-2-4-13(7-10)20-16(24)21-19-9-11-5-6-12(17)8-14(11)18/h2-9H,1H3,(H2,20,21,24)/b19-9+. The van der Waals surface area contributed by atoms with Gasteiger partial charge < -0.3 is 10.1 Å². The van der Waals surface area contributed by atoms with E-state index in [1.165, 1.54) is 13.3 Å². The molecule has 8 heteroatoms. The van der Waals surface area contributed by atoms with Crippen LogP contribution in [0.2, 0.25) is 10.0 Å². The first kappa shape index (κ1) is 18.2. The Hall–Kier alpha value is -2.15. The van der Waals surface area contributed by atoms with Crippen LogP contribution in [0.1, 0.15) is 15.9 Å². The van der Waals surface area contributed by atoms with Gasteiger partial charge in [-0.25, -0.2) is 4.79 Å². The van der Waals surface area contributed by atoms with E-state index in [1.54, 1.807) is 42.5 Å². The maximum atomic E-state index is 11.5. The van der Waals surface area contributed by atoms with Crippen molar-refractivity contribution in [3.05, 3.63) is 63.6 Å². The molecule has 0 aliphatic rings. The number of ether oxygens (including phenoxy) is 1. The molecule has 0 heterocycles. The molecule has 2 N–H and O–H groups in total. The van der Waals surface area contributed by atoms with Crippen molar-refractivity contribution in [1.82, 2.24) is 5.43 Å². The fourth-order valence-corrected chi connectivity index (χ4v) is 2.40. The van der Waals surface area contributed by atoms with Gasteiger partial charge >= 0.3 is 5.97 Å². The predicted molar refractivity (Wildman–Crippen MR) is 101 cm³/mol. The van der Waals surface area contributed by atoms with Crippen molar-refractivity contribution < 1.29 is 9.53 Å². The lowest BCUT2D eigenvalue weighted by atomic mass is 10.2. The maximum Gasteiger partial charge on any atom is 0.337 e. The van der Waals surface area contributed by atoms with Crippen molar-refractivity contribution in [3.8, 4) is 0 Å². The number of rotatable bonds is 4. The summed E-state index contributed by atoms with van der Waals surface area (Å²) < 4.78 is 4.67. The van der Waals surface area contributed by atoms with Crippen LogP contribution in [0.15, 0.2) is 47.6 Å². The molecule has 0 saturated carbocycles. The minimum atomic E-state index is -0.423. The van der Waals surface area contributed by atoms with Crippen LogP contribution in [0.25, 0.3) is 0 Å². The van der Waals surface area contributed by atoms with Gasteiger partial charge in [-0.2, -0.15) is 5.10 Å². The summed E-state index contributed by atoms with van der Waals surface area (Å²) in [6, 6.07) is 11.8. The van der Waals surface area contributed by atoms with Gasteiger partial charge in [-0.15, -0.1) is 0 Å². The highest BCUT2D eigenvalue weighted by molar-refractivity contribution is 7.80. The lowest BCUT2D eigenvalue weighted by Crippen LogP contribution is -2.24. The Morgan fingerprint density at radius 2 is 2.04 bits per heavy atom. The number of nitrogens with zero attached hydrogens (tertiary/aromatic N) is 1. The molecule has 0 unspecified atom stereocenters. The van der Waals surface area contributed by atoms with E-state index in [-0.39, 0.29) is 5.11 Å². The molecule has 2 rings (SSSR count).